The fourth-order valence-electron chi connectivity index (χ4n) is 0.251. The SMILES string of the molecule is CC([N+](=O)[O-])C(C)(C)Cl. The molecule has 0 heterocycles. The van der Waals surface area contributed by atoms with Crippen LogP contribution in [0, 0.1) is 10.1 Å². The summed E-state index contributed by atoms with van der Waals surface area (Å²) in [5, 5.41) is 10.1. The van der Waals surface area contributed by atoms with E-state index in [0.29, 0.717) is 0 Å². The van der Waals surface area contributed by atoms with Crippen LogP contribution in [0.4, 0.5) is 0 Å². The van der Waals surface area contributed by atoms with Crippen molar-refractivity contribution in [1.82, 2.24) is 0 Å². The Bertz CT molecular complexity index is 119. The lowest BCUT2D eigenvalue weighted by Gasteiger charge is -2.16. The van der Waals surface area contributed by atoms with E-state index in [4.69, 9.17) is 11.6 Å². The Morgan fingerprint density at radius 1 is 1.67 bits per heavy atom. The molecule has 0 aromatic carbocycles. The van der Waals surface area contributed by atoms with Crippen LogP contribution in [-0.2, 0) is 0 Å². The Morgan fingerprint density at radius 2 is 2.00 bits per heavy atom. The number of alkyl halides is 1. The Balaban J connectivity index is 4.04. The molecule has 0 amide bonds. The van der Waals surface area contributed by atoms with E-state index in [2.05, 4.69) is 0 Å². The van der Waals surface area contributed by atoms with Gasteiger partial charge in [0.05, 0.1) is 0 Å². The minimum atomic E-state index is -0.747. The lowest BCUT2D eigenvalue weighted by Crippen LogP contribution is -2.34. The highest BCUT2D eigenvalue weighted by Gasteiger charge is 2.31. The van der Waals surface area contributed by atoms with Gasteiger partial charge in [-0.3, -0.25) is 10.1 Å². The van der Waals surface area contributed by atoms with Gasteiger partial charge in [-0.1, -0.05) is 0 Å². The first kappa shape index (κ1) is 8.69. The van der Waals surface area contributed by atoms with E-state index in [1.807, 2.05) is 0 Å². The van der Waals surface area contributed by atoms with Gasteiger partial charge in [0.15, 0.2) is 0 Å². The van der Waals surface area contributed by atoms with Crippen molar-refractivity contribution in [2.75, 3.05) is 0 Å². The molecule has 0 radical (unpaired) electrons. The van der Waals surface area contributed by atoms with Crippen molar-refractivity contribution in [3.05, 3.63) is 10.1 Å². The standard InChI is InChI=1S/C5H10ClNO2/c1-4(7(8)9)5(2,3)6/h4H,1-3H3. The highest BCUT2D eigenvalue weighted by molar-refractivity contribution is 6.23. The molecule has 0 rings (SSSR count). The molecule has 0 aliphatic rings. The normalized spacial score (nSPS) is 15.1. The number of rotatable bonds is 2. The predicted molar refractivity (Wildman–Crippen MR) is 36.4 cm³/mol. The Hall–Kier alpha value is -0.310. The van der Waals surface area contributed by atoms with E-state index < -0.39 is 10.9 Å². The van der Waals surface area contributed by atoms with E-state index in [9.17, 15) is 10.1 Å². The zero-order valence-corrected chi connectivity index (χ0v) is 6.47. The lowest BCUT2D eigenvalue weighted by atomic mass is 10.1. The Labute approximate surface area is 59.2 Å². The second-order valence-corrected chi connectivity index (χ2v) is 3.50. The van der Waals surface area contributed by atoms with E-state index in [0.717, 1.165) is 0 Å². The fraction of sp³-hybridized carbons (Fsp3) is 1.00. The quantitative estimate of drug-likeness (QED) is 0.342. The second-order valence-electron chi connectivity index (χ2n) is 2.53. The summed E-state index contributed by atoms with van der Waals surface area (Å²) in [5.41, 5.74) is 0. The number of nitrogens with zero attached hydrogens (tertiary/aromatic N) is 1. The van der Waals surface area contributed by atoms with Gasteiger partial charge < -0.3 is 0 Å². The molecule has 0 aliphatic carbocycles. The van der Waals surface area contributed by atoms with Crippen LogP contribution in [0.3, 0.4) is 0 Å². The van der Waals surface area contributed by atoms with Crippen molar-refractivity contribution in [3.63, 3.8) is 0 Å². The lowest BCUT2D eigenvalue weighted by molar-refractivity contribution is -0.523. The third kappa shape index (κ3) is 2.65. The summed E-state index contributed by atoms with van der Waals surface area (Å²) in [6, 6.07) is -0.695. The van der Waals surface area contributed by atoms with Gasteiger partial charge in [0.1, 0.15) is 4.87 Å². The monoisotopic (exact) mass is 151 g/mol. The van der Waals surface area contributed by atoms with E-state index >= 15 is 0 Å². The average Bonchev–Trinajstić information content (AvgIpc) is 1.62. The third-order valence-electron chi connectivity index (χ3n) is 1.31. The molecule has 0 N–H and O–H groups in total. The molecule has 0 aliphatic heterocycles. The highest BCUT2D eigenvalue weighted by atomic mass is 35.5. The van der Waals surface area contributed by atoms with Gasteiger partial charge in [-0.2, -0.15) is 0 Å². The molecule has 1 atom stereocenters. The third-order valence-corrected chi connectivity index (χ3v) is 1.63. The molecule has 0 saturated heterocycles. The van der Waals surface area contributed by atoms with Gasteiger partial charge in [-0.25, -0.2) is 0 Å². The summed E-state index contributed by atoms with van der Waals surface area (Å²) < 4.78 is 0. The van der Waals surface area contributed by atoms with E-state index in [-0.39, 0.29) is 4.92 Å². The zero-order valence-electron chi connectivity index (χ0n) is 5.72. The minimum Gasteiger partial charge on any atom is -0.264 e. The van der Waals surface area contributed by atoms with Crippen LogP contribution >= 0.6 is 11.6 Å². The Kier molecular flexibility index (Phi) is 2.43. The van der Waals surface area contributed by atoms with Crippen molar-refractivity contribution >= 4 is 11.6 Å². The van der Waals surface area contributed by atoms with Crippen LogP contribution < -0.4 is 0 Å². The summed E-state index contributed by atoms with van der Waals surface area (Å²) in [6.45, 7) is 4.75. The maximum Gasteiger partial charge on any atom is 0.228 e. The highest BCUT2D eigenvalue weighted by Crippen LogP contribution is 2.19. The minimum absolute atomic E-state index is 0.382. The molecular formula is C5H10ClNO2. The largest absolute Gasteiger partial charge is 0.264 e. The maximum atomic E-state index is 10.1. The van der Waals surface area contributed by atoms with E-state index in [1.165, 1.54) is 6.92 Å². The number of nitro groups is 1. The second kappa shape index (κ2) is 2.52. The van der Waals surface area contributed by atoms with Gasteiger partial charge >= 0.3 is 0 Å². The van der Waals surface area contributed by atoms with Crippen LogP contribution in [0.25, 0.3) is 0 Å². The molecule has 0 saturated carbocycles. The first-order valence-electron chi connectivity index (χ1n) is 2.68. The van der Waals surface area contributed by atoms with E-state index in [1.54, 1.807) is 13.8 Å². The van der Waals surface area contributed by atoms with Crippen molar-refractivity contribution < 1.29 is 4.92 Å². The van der Waals surface area contributed by atoms with Gasteiger partial charge in [0.25, 0.3) is 0 Å². The smallest absolute Gasteiger partial charge is 0.228 e. The fourth-order valence-corrected chi connectivity index (χ4v) is 0.330. The summed E-state index contributed by atoms with van der Waals surface area (Å²) in [5.74, 6) is 0. The summed E-state index contributed by atoms with van der Waals surface area (Å²) in [7, 11) is 0. The van der Waals surface area contributed by atoms with Gasteiger partial charge in [-0.05, 0) is 13.8 Å². The van der Waals surface area contributed by atoms with Crippen molar-refractivity contribution in [3.8, 4) is 0 Å². The molecular weight excluding hydrogens is 142 g/mol. The molecule has 0 fully saturated rings. The van der Waals surface area contributed by atoms with Gasteiger partial charge in [0.2, 0.25) is 6.04 Å². The molecule has 54 valence electrons. The van der Waals surface area contributed by atoms with Crippen LogP contribution in [0.2, 0.25) is 0 Å². The molecule has 3 nitrogen and oxygen atoms in total. The van der Waals surface area contributed by atoms with Crippen LogP contribution in [0.5, 0.6) is 0 Å². The first-order chi connectivity index (χ1) is 3.85. The van der Waals surface area contributed by atoms with Crippen molar-refractivity contribution in [2.24, 2.45) is 0 Å². The summed E-state index contributed by atoms with van der Waals surface area (Å²) in [6.07, 6.45) is 0. The molecule has 0 aromatic rings. The Morgan fingerprint density at radius 3 is 2.00 bits per heavy atom. The average molecular weight is 152 g/mol. The zero-order chi connectivity index (χ0) is 7.65. The summed E-state index contributed by atoms with van der Waals surface area (Å²) in [4.78, 5) is 8.94. The maximum absolute atomic E-state index is 10.1. The molecule has 0 aromatic heterocycles. The van der Waals surface area contributed by atoms with Gasteiger partial charge in [0, 0.05) is 11.8 Å². The topological polar surface area (TPSA) is 43.1 Å². The molecule has 9 heavy (non-hydrogen) atoms. The molecule has 4 heteroatoms. The predicted octanol–water partition coefficient (Wildman–Crippen LogP) is 1.67. The van der Waals surface area contributed by atoms with Crippen molar-refractivity contribution in [2.45, 2.75) is 31.7 Å². The molecule has 1 unspecified atom stereocenters. The van der Waals surface area contributed by atoms with Gasteiger partial charge in [-0.15, -0.1) is 11.6 Å². The molecule has 0 bridgehead atoms. The number of halogens is 1. The summed E-state index contributed by atoms with van der Waals surface area (Å²) >= 11 is 5.64. The van der Waals surface area contributed by atoms with Crippen LogP contribution in [0.1, 0.15) is 20.8 Å². The first-order valence-corrected chi connectivity index (χ1v) is 3.06. The molecule has 0 spiro atoms. The van der Waals surface area contributed by atoms with Crippen LogP contribution in [0.15, 0.2) is 0 Å². The van der Waals surface area contributed by atoms with Crippen LogP contribution in [-0.4, -0.2) is 15.8 Å². The number of hydrogen-bond acceptors (Lipinski definition) is 2. The van der Waals surface area contributed by atoms with Crippen molar-refractivity contribution in [1.29, 1.82) is 0 Å². The number of hydrogen-bond donors (Lipinski definition) is 0.